The van der Waals surface area contributed by atoms with Crippen molar-refractivity contribution in [2.75, 3.05) is 36.8 Å². The van der Waals surface area contributed by atoms with Crippen molar-refractivity contribution in [3.05, 3.63) is 24.3 Å². The first-order chi connectivity index (χ1) is 11.4. The number of halogens is 3. The van der Waals surface area contributed by atoms with E-state index < -0.39 is 17.2 Å². The second kappa shape index (κ2) is 6.92. The molecule has 0 saturated carbocycles. The highest BCUT2D eigenvalue weighted by Gasteiger charge is 2.31. The highest BCUT2D eigenvalue weighted by Crippen LogP contribution is 2.30. The maximum atomic E-state index is 12.2. The number of aromatic nitrogens is 2. The van der Waals surface area contributed by atoms with E-state index in [1.165, 1.54) is 4.90 Å². The third-order valence-corrected chi connectivity index (χ3v) is 4.60. The number of amides is 1. The van der Waals surface area contributed by atoms with Crippen LogP contribution in [0.4, 0.5) is 19.1 Å². The lowest BCUT2D eigenvalue weighted by molar-refractivity contribution is -0.128. The third-order valence-electron chi connectivity index (χ3n) is 3.88. The summed E-state index contributed by atoms with van der Waals surface area (Å²) in [6.07, 6.45) is 0.694. The predicted molar refractivity (Wildman–Crippen MR) is 88.0 cm³/mol. The fourth-order valence-corrected chi connectivity index (χ4v) is 3.17. The molecule has 9 heteroatoms. The minimum Gasteiger partial charge on any atom is -0.341 e. The van der Waals surface area contributed by atoms with Crippen molar-refractivity contribution in [3.8, 4) is 0 Å². The van der Waals surface area contributed by atoms with E-state index in [1.54, 1.807) is 0 Å². The molecule has 1 amide bonds. The highest BCUT2D eigenvalue weighted by atomic mass is 32.2. The SMILES string of the molecule is O=C(CSC(F)(F)F)N1CCCN(c2nc3ccccc3[nH]2)CC1. The average molecular weight is 358 g/mol. The number of hydrogen-bond donors (Lipinski definition) is 1. The fraction of sp³-hybridized carbons (Fsp3) is 0.467. The van der Waals surface area contributed by atoms with Crippen molar-refractivity contribution in [2.24, 2.45) is 0 Å². The van der Waals surface area contributed by atoms with Crippen LogP contribution in [0.15, 0.2) is 24.3 Å². The van der Waals surface area contributed by atoms with Gasteiger partial charge in [-0.1, -0.05) is 12.1 Å². The Morgan fingerprint density at radius 3 is 2.75 bits per heavy atom. The number of aromatic amines is 1. The number of nitrogens with zero attached hydrogens (tertiary/aromatic N) is 3. The molecule has 1 fully saturated rings. The summed E-state index contributed by atoms with van der Waals surface area (Å²) in [5, 5.41) is 0. The van der Waals surface area contributed by atoms with Crippen LogP contribution in [0.3, 0.4) is 0 Å². The Bertz CT molecular complexity index is 685. The molecule has 1 aromatic carbocycles. The average Bonchev–Trinajstić information content (AvgIpc) is 2.81. The van der Waals surface area contributed by atoms with E-state index in [9.17, 15) is 18.0 Å². The van der Waals surface area contributed by atoms with E-state index in [2.05, 4.69) is 9.97 Å². The van der Waals surface area contributed by atoms with E-state index in [0.717, 1.165) is 17.0 Å². The number of fused-ring (bicyclic) bond motifs is 1. The molecule has 0 radical (unpaired) electrons. The molecule has 5 nitrogen and oxygen atoms in total. The molecule has 0 spiro atoms. The molecular weight excluding hydrogens is 341 g/mol. The van der Waals surface area contributed by atoms with E-state index in [1.807, 2.05) is 29.2 Å². The third kappa shape index (κ3) is 4.14. The second-order valence-electron chi connectivity index (χ2n) is 5.53. The molecular formula is C15H17F3N4OS. The van der Waals surface area contributed by atoms with Gasteiger partial charge >= 0.3 is 5.51 Å². The van der Waals surface area contributed by atoms with Gasteiger partial charge in [-0.05, 0) is 30.3 Å². The monoisotopic (exact) mass is 358 g/mol. The lowest BCUT2D eigenvalue weighted by atomic mass is 10.3. The number of rotatable bonds is 3. The zero-order valence-electron chi connectivity index (χ0n) is 12.8. The van der Waals surface area contributed by atoms with Crippen LogP contribution in [0.5, 0.6) is 0 Å². The summed E-state index contributed by atoms with van der Waals surface area (Å²) in [5.41, 5.74) is -2.57. The maximum Gasteiger partial charge on any atom is 0.442 e. The smallest absolute Gasteiger partial charge is 0.341 e. The number of thioether (sulfide) groups is 1. The predicted octanol–water partition coefficient (Wildman–Crippen LogP) is 2.85. The molecule has 1 N–H and O–H groups in total. The first-order valence-corrected chi connectivity index (χ1v) is 8.59. The molecule has 1 aromatic heterocycles. The number of carbonyl (C=O) groups excluding carboxylic acids is 1. The number of anilines is 1. The second-order valence-corrected chi connectivity index (χ2v) is 6.57. The Kier molecular flexibility index (Phi) is 4.88. The van der Waals surface area contributed by atoms with E-state index >= 15 is 0 Å². The maximum absolute atomic E-state index is 12.2. The topological polar surface area (TPSA) is 52.2 Å². The number of hydrogen-bond acceptors (Lipinski definition) is 4. The number of H-pyrrole nitrogens is 1. The van der Waals surface area contributed by atoms with Crippen LogP contribution >= 0.6 is 11.8 Å². The standard InChI is InChI=1S/C15H17F3N4OS/c16-15(17,18)24-10-13(23)21-6-3-7-22(9-8-21)14-19-11-4-1-2-5-12(11)20-14/h1-2,4-5H,3,6-10H2,(H,19,20). The van der Waals surface area contributed by atoms with Gasteiger partial charge < -0.3 is 14.8 Å². The number of benzene rings is 1. The molecule has 0 aliphatic carbocycles. The number of imidazole rings is 1. The van der Waals surface area contributed by atoms with Gasteiger partial charge in [0.25, 0.3) is 0 Å². The number of para-hydroxylation sites is 2. The van der Waals surface area contributed by atoms with Crippen LogP contribution in [0.1, 0.15) is 6.42 Å². The van der Waals surface area contributed by atoms with Gasteiger partial charge in [0.15, 0.2) is 0 Å². The van der Waals surface area contributed by atoms with Crippen LogP contribution in [-0.4, -0.2) is 58.2 Å². The first-order valence-electron chi connectivity index (χ1n) is 7.60. The molecule has 3 rings (SSSR count). The summed E-state index contributed by atoms with van der Waals surface area (Å²) >= 11 is -0.281. The summed E-state index contributed by atoms with van der Waals surface area (Å²) in [6.45, 7) is 2.11. The Balaban J connectivity index is 1.61. The van der Waals surface area contributed by atoms with Crippen molar-refractivity contribution >= 4 is 34.7 Å². The first kappa shape index (κ1) is 16.9. The lowest BCUT2D eigenvalue weighted by Crippen LogP contribution is -2.36. The van der Waals surface area contributed by atoms with Gasteiger partial charge in [0.2, 0.25) is 11.9 Å². The molecule has 0 bridgehead atoms. The van der Waals surface area contributed by atoms with Crippen LogP contribution in [0.2, 0.25) is 0 Å². The van der Waals surface area contributed by atoms with Gasteiger partial charge in [-0.15, -0.1) is 0 Å². The molecule has 0 unspecified atom stereocenters. The Labute approximate surface area is 141 Å². The summed E-state index contributed by atoms with van der Waals surface area (Å²) in [6, 6.07) is 7.69. The minimum atomic E-state index is -4.37. The molecule has 1 aliphatic rings. The molecule has 2 aromatic rings. The van der Waals surface area contributed by atoms with Crippen LogP contribution in [-0.2, 0) is 4.79 Å². The summed E-state index contributed by atoms with van der Waals surface area (Å²) in [4.78, 5) is 23.2. The molecule has 0 atom stereocenters. The van der Waals surface area contributed by atoms with Crippen molar-refractivity contribution in [2.45, 2.75) is 11.9 Å². The molecule has 24 heavy (non-hydrogen) atoms. The Morgan fingerprint density at radius 1 is 1.21 bits per heavy atom. The normalized spacial score (nSPS) is 16.5. The van der Waals surface area contributed by atoms with E-state index in [-0.39, 0.29) is 11.8 Å². The van der Waals surface area contributed by atoms with Gasteiger partial charge in [0.1, 0.15) is 0 Å². The van der Waals surface area contributed by atoms with Gasteiger partial charge in [-0.2, -0.15) is 13.2 Å². The Morgan fingerprint density at radius 2 is 2.00 bits per heavy atom. The van der Waals surface area contributed by atoms with Gasteiger partial charge in [0.05, 0.1) is 16.8 Å². The van der Waals surface area contributed by atoms with E-state index in [4.69, 9.17) is 0 Å². The van der Waals surface area contributed by atoms with Crippen molar-refractivity contribution in [3.63, 3.8) is 0 Å². The van der Waals surface area contributed by atoms with Gasteiger partial charge in [-0.3, -0.25) is 4.79 Å². The molecule has 130 valence electrons. The lowest BCUT2D eigenvalue weighted by Gasteiger charge is -2.21. The zero-order valence-corrected chi connectivity index (χ0v) is 13.7. The van der Waals surface area contributed by atoms with Gasteiger partial charge in [-0.25, -0.2) is 4.98 Å². The van der Waals surface area contributed by atoms with Crippen LogP contribution in [0.25, 0.3) is 11.0 Å². The van der Waals surface area contributed by atoms with Crippen molar-refractivity contribution in [1.29, 1.82) is 0 Å². The minimum absolute atomic E-state index is 0.281. The van der Waals surface area contributed by atoms with Crippen LogP contribution < -0.4 is 4.90 Å². The summed E-state index contributed by atoms with van der Waals surface area (Å²) in [7, 11) is 0. The molecule has 2 heterocycles. The Hall–Kier alpha value is -1.90. The number of carbonyl (C=O) groups is 1. The number of nitrogens with one attached hydrogen (secondary N) is 1. The fourth-order valence-electron chi connectivity index (χ4n) is 2.70. The quantitative estimate of drug-likeness (QED) is 0.917. The molecule has 1 saturated heterocycles. The van der Waals surface area contributed by atoms with Crippen molar-refractivity contribution in [1.82, 2.24) is 14.9 Å². The summed E-state index contributed by atoms with van der Waals surface area (Å²) < 4.78 is 36.7. The molecule has 1 aliphatic heterocycles. The highest BCUT2D eigenvalue weighted by molar-refractivity contribution is 8.00. The zero-order chi connectivity index (χ0) is 17.2. The largest absolute Gasteiger partial charge is 0.442 e. The van der Waals surface area contributed by atoms with Crippen molar-refractivity contribution < 1.29 is 18.0 Å². The van der Waals surface area contributed by atoms with Gasteiger partial charge in [0, 0.05) is 26.2 Å². The van der Waals surface area contributed by atoms with Crippen LogP contribution in [0, 0.1) is 0 Å². The van der Waals surface area contributed by atoms with E-state index in [0.29, 0.717) is 32.6 Å². The summed E-state index contributed by atoms with van der Waals surface area (Å²) in [5.74, 6) is -0.298. The number of alkyl halides is 3.